The Hall–Kier alpha value is -1.63. The van der Waals surface area contributed by atoms with Crippen LogP contribution in [-0.2, 0) is 0 Å². The van der Waals surface area contributed by atoms with Crippen LogP contribution in [0.3, 0.4) is 0 Å². The Bertz CT molecular complexity index is 436. The number of piperazine rings is 1. The van der Waals surface area contributed by atoms with Crippen LogP contribution in [0.4, 0.5) is 17.8 Å². The molecule has 2 saturated heterocycles. The summed E-state index contributed by atoms with van der Waals surface area (Å²) in [6.07, 6.45) is 2.41. The molecule has 1 aromatic rings. The normalized spacial score (nSPS) is 21.1. The first-order valence-electron chi connectivity index (χ1n) is 6.92. The number of aromatic nitrogens is 3. The van der Waals surface area contributed by atoms with E-state index in [1.807, 2.05) is 0 Å². The monoisotopic (exact) mass is 263 g/mol. The Morgan fingerprint density at radius 3 is 1.89 bits per heavy atom. The molecule has 104 valence electrons. The van der Waals surface area contributed by atoms with E-state index in [-0.39, 0.29) is 0 Å². The van der Waals surface area contributed by atoms with Crippen LogP contribution in [0.1, 0.15) is 12.8 Å². The molecule has 7 nitrogen and oxygen atoms in total. The zero-order chi connectivity index (χ0) is 13.2. The van der Waals surface area contributed by atoms with E-state index in [0.717, 1.165) is 51.2 Å². The van der Waals surface area contributed by atoms with Gasteiger partial charge in [-0.25, -0.2) is 0 Å². The molecule has 0 spiro atoms. The summed E-state index contributed by atoms with van der Waals surface area (Å²) < 4.78 is 0. The van der Waals surface area contributed by atoms with Crippen molar-refractivity contribution in [1.82, 2.24) is 19.9 Å². The summed E-state index contributed by atoms with van der Waals surface area (Å²) in [5, 5.41) is 0. The quantitative estimate of drug-likeness (QED) is 0.792. The molecule has 0 aromatic carbocycles. The van der Waals surface area contributed by atoms with Gasteiger partial charge in [-0.05, 0) is 19.9 Å². The van der Waals surface area contributed by atoms with Gasteiger partial charge in [-0.1, -0.05) is 0 Å². The van der Waals surface area contributed by atoms with Crippen LogP contribution in [0.5, 0.6) is 0 Å². The summed E-state index contributed by atoms with van der Waals surface area (Å²) in [5.74, 6) is 1.78. The maximum atomic E-state index is 5.84. The second-order valence-corrected chi connectivity index (χ2v) is 5.28. The molecule has 0 radical (unpaired) electrons. The van der Waals surface area contributed by atoms with Crippen molar-refractivity contribution in [2.45, 2.75) is 12.8 Å². The predicted molar refractivity (Wildman–Crippen MR) is 75.4 cm³/mol. The first kappa shape index (κ1) is 12.4. The van der Waals surface area contributed by atoms with E-state index in [1.54, 1.807) is 0 Å². The van der Waals surface area contributed by atoms with Gasteiger partial charge in [0.15, 0.2) is 0 Å². The molecule has 2 aliphatic heterocycles. The van der Waals surface area contributed by atoms with Gasteiger partial charge in [-0.2, -0.15) is 15.0 Å². The molecule has 2 N–H and O–H groups in total. The highest BCUT2D eigenvalue weighted by Crippen LogP contribution is 2.19. The van der Waals surface area contributed by atoms with Crippen molar-refractivity contribution in [2.75, 3.05) is 61.8 Å². The highest BCUT2D eigenvalue weighted by molar-refractivity contribution is 5.44. The predicted octanol–water partition coefficient (Wildman–Crippen LogP) is -0.194. The molecule has 0 aliphatic carbocycles. The number of nitrogen functional groups attached to an aromatic ring is 1. The number of rotatable bonds is 2. The lowest BCUT2D eigenvalue weighted by Crippen LogP contribution is -2.45. The minimum Gasteiger partial charge on any atom is -0.368 e. The Morgan fingerprint density at radius 2 is 1.32 bits per heavy atom. The standard InChI is InChI=1S/C12H21N7/c1-17-6-8-19(9-7-17)12-15-10(13)14-11(16-12)18-4-2-3-5-18/h2-9H2,1H3,(H2,13,14,15,16). The number of hydrogen-bond acceptors (Lipinski definition) is 7. The number of hydrogen-bond donors (Lipinski definition) is 1. The first-order chi connectivity index (χ1) is 9.22. The molecule has 2 fully saturated rings. The lowest BCUT2D eigenvalue weighted by molar-refractivity contribution is 0.311. The maximum absolute atomic E-state index is 5.84. The Kier molecular flexibility index (Phi) is 3.37. The van der Waals surface area contributed by atoms with Crippen molar-refractivity contribution in [3.8, 4) is 0 Å². The molecule has 1 aromatic heterocycles. The third-order valence-electron chi connectivity index (χ3n) is 3.80. The Labute approximate surface area is 113 Å². The van der Waals surface area contributed by atoms with Crippen molar-refractivity contribution in [3.63, 3.8) is 0 Å². The van der Waals surface area contributed by atoms with E-state index in [1.165, 1.54) is 12.8 Å². The van der Waals surface area contributed by atoms with Crippen molar-refractivity contribution in [1.29, 1.82) is 0 Å². The smallest absolute Gasteiger partial charge is 0.232 e. The van der Waals surface area contributed by atoms with E-state index in [0.29, 0.717) is 5.95 Å². The Morgan fingerprint density at radius 1 is 0.789 bits per heavy atom. The summed E-state index contributed by atoms with van der Waals surface area (Å²) in [6.45, 7) is 5.99. The van der Waals surface area contributed by atoms with Gasteiger partial charge in [-0.3, -0.25) is 0 Å². The molecule has 0 atom stereocenters. The zero-order valence-corrected chi connectivity index (χ0v) is 11.4. The lowest BCUT2D eigenvalue weighted by Gasteiger charge is -2.32. The van der Waals surface area contributed by atoms with Crippen molar-refractivity contribution in [2.24, 2.45) is 0 Å². The molecule has 0 amide bonds. The number of nitrogens with zero attached hydrogens (tertiary/aromatic N) is 6. The van der Waals surface area contributed by atoms with E-state index >= 15 is 0 Å². The fourth-order valence-electron chi connectivity index (χ4n) is 2.58. The number of anilines is 3. The van der Waals surface area contributed by atoms with E-state index in [9.17, 15) is 0 Å². The SMILES string of the molecule is CN1CCN(c2nc(N)nc(N3CCCC3)n2)CC1. The molecule has 2 aliphatic rings. The lowest BCUT2D eigenvalue weighted by atomic mass is 10.3. The first-order valence-corrected chi connectivity index (χ1v) is 6.92. The molecule has 0 unspecified atom stereocenters. The number of likely N-dealkylation sites (N-methyl/N-ethyl adjacent to an activating group) is 1. The van der Waals surface area contributed by atoms with E-state index < -0.39 is 0 Å². The van der Waals surface area contributed by atoms with Gasteiger partial charge < -0.3 is 20.4 Å². The average Bonchev–Trinajstić information content (AvgIpc) is 2.93. The minimum atomic E-state index is 0.325. The fourth-order valence-corrected chi connectivity index (χ4v) is 2.58. The largest absolute Gasteiger partial charge is 0.368 e. The van der Waals surface area contributed by atoms with Gasteiger partial charge in [0, 0.05) is 39.3 Å². The van der Waals surface area contributed by atoms with Crippen LogP contribution in [0.25, 0.3) is 0 Å². The van der Waals surface area contributed by atoms with Crippen LogP contribution >= 0.6 is 0 Å². The van der Waals surface area contributed by atoms with Crippen LogP contribution < -0.4 is 15.5 Å². The van der Waals surface area contributed by atoms with Crippen molar-refractivity contribution >= 4 is 17.8 Å². The van der Waals surface area contributed by atoms with Gasteiger partial charge in [-0.15, -0.1) is 0 Å². The topological polar surface area (TPSA) is 74.4 Å². The molecule has 0 saturated carbocycles. The van der Waals surface area contributed by atoms with Gasteiger partial charge in [0.2, 0.25) is 17.8 Å². The summed E-state index contributed by atoms with van der Waals surface area (Å²) >= 11 is 0. The van der Waals surface area contributed by atoms with Gasteiger partial charge in [0.05, 0.1) is 0 Å². The van der Waals surface area contributed by atoms with Crippen molar-refractivity contribution in [3.05, 3.63) is 0 Å². The zero-order valence-electron chi connectivity index (χ0n) is 11.4. The molecular weight excluding hydrogens is 242 g/mol. The summed E-state index contributed by atoms with van der Waals surface area (Å²) in [4.78, 5) is 19.8. The van der Waals surface area contributed by atoms with Crippen molar-refractivity contribution < 1.29 is 0 Å². The van der Waals surface area contributed by atoms with E-state index in [4.69, 9.17) is 5.73 Å². The number of nitrogens with two attached hydrogens (primary N) is 1. The summed E-state index contributed by atoms with van der Waals surface area (Å²) in [6, 6.07) is 0. The third kappa shape index (κ3) is 2.70. The van der Waals surface area contributed by atoms with Gasteiger partial charge >= 0.3 is 0 Å². The highest BCUT2D eigenvalue weighted by atomic mass is 15.4. The van der Waals surface area contributed by atoms with Crippen LogP contribution in [0, 0.1) is 0 Å². The summed E-state index contributed by atoms with van der Waals surface area (Å²) in [7, 11) is 2.13. The van der Waals surface area contributed by atoms with Gasteiger partial charge in [0.1, 0.15) is 0 Å². The average molecular weight is 263 g/mol. The second-order valence-electron chi connectivity index (χ2n) is 5.28. The van der Waals surface area contributed by atoms with Gasteiger partial charge in [0.25, 0.3) is 0 Å². The van der Waals surface area contributed by atoms with Crippen LogP contribution in [-0.4, -0.2) is 66.2 Å². The third-order valence-corrected chi connectivity index (χ3v) is 3.80. The molecular formula is C12H21N7. The second kappa shape index (κ2) is 5.16. The molecule has 3 heterocycles. The highest BCUT2D eigenvalue weighted by Gasteiger charge is 2.21. The van der Waals surface area contributed by atoms with Crippen LogP contribution in [0.15, 0.2) is 0 Å². The summed E-state index contributed by atoms with van der Waals surface area (Å²) in [5.41, 5.74) is 5.84. The van der Waals surface area contributed by atoms with E-state index in [2.05, 4.69) is 36.7 Å². The molecule has 19 heavy (non-hydrogen) atoms. The molecule has 7 heteroatoms. The van der Waals surface area contributed by atoms with Crippen LogP contribution in [0.2, 0.25) is 0 Å². The Balaban J connectivity index is 1.80. The minimum absolute atomic E-state index is 0.325. The maximum Gasteiger partial charge on any atom is 0.232 e. The molecule has 3 rings (SSSR count). The molecule has 0 bridgehead atoms. The fraction of sp³-hybridized carbons (Fsp3) is 0.750.